The second-order valence-corrected chi connectivity index (χ2v) is 4.46. The molecule has 1 fully saturated rings. The molecule has 1 heterocycles. The molecule has 0 bridgehead atoms. The van der Waals surface area contributed by atoms with E-state index in [0.29, 0.717) is 4.90 Å². The van der Waals surface area contributed by atoms with E-state index in [9.17, 15) is 14.4 Å². The van der Waals surface area contributed by atoms with Gasteiger partial charge in [-0.2, -0.15) is 4.90 Å². The second-order valence-electron chi connectivity index (χ2n) is 4.46. The molecule has 1 atom stereocenters. The molecule has 92 valence electrons. The Morgan fingerprint density at radius 3 is 2.59 bits per heavy atom. The molecule has 0 aliphatic carbocycles. The smallest absolute Gasteiger partial charge is 0.427 e. The van der Waals surface area contributed by atoms with Gasteiger partial charge in [-0.3, -0.25) is 0 Å². The molecule has 1 aliphatic rings. The highest BCUT2D eigenvalue weighted by molar-refractivity contribution is 6.04. The molecular weight excluding hydrogens is 226 g/mol. The zero-order valence-electron chi connectivity index (χ0n) is 9.85. The summed E-state index contributed by atoms with van der Waals surface area (Å²) >= 11 is 0. The first-order valence-corrected chi connectivity index (χ1v) is 4.97. The lowest BCUT2D eigenvalue weighted by atomic mass is 10.2. The van der Waals surface area contributed by atoms with Crippen LogP contribution in [0.15, 0.2) is 0 Å². The van der Waals surface area contributed by atoms with Gasteiger partial charge in [-0.05, 0) is 20.8 Å². The van der Waals surface area contributed by atoms with Gasteiger partial charge in [0.15, 0.2) is 6.04 Å². The van der Waals surface area contributed by atoms with Crippen LogP contribution in [-0.2, 0) is 14.3 Å². The van der Waals surface area contributed by atoms with Crippen LogP contribution in [0.25, 0.3) is 0 Å². The van der Waals surface area contributed by atoms with Crippen LogP contribution in [0, 0.1) is 12.3 Å². The summed E-state index contributed by atoms with van der Waals surface area (Å²) in [5.74, 6) is 1.37. The van der Waals surface area contributed by atoms with Crippen LogP contribution < -0.4 is 0 Å². The molecule has 0 aromatic rings. The molecule has 0 radical (unpaired) electrons. The average molecular weight is 239 g/mol. The van der Waals surface area contributed by atoms with Gasteiger partial charge in [-0.1, -0.05) is 0 Å². The molecule has 2 amide bonds. The van der Waals surface area contributed by atoms with Gasteiger partial charge >= 0.3 is 18.2 Å². The summed E-state index contributed by atoms with van der Waals surface area (Å²) < 4.78 is 9.31. The molecule has 0 aromatic carbocycles. The van der Waals surface area contributed by atoms with Crippen molar-refractivity contribution in [3.05, 3.63) is 0 Å². The number of rotatable bonds is 1. The molecule has 0 spiro atoms. The fourth-order valence-electron chi connectivity index (χ4n) is 1.24. The number of cyclic esters (lactones) is 2. The summed E-state index contributed by atoms with van der Waals surface area (Å²) in [6, 6.07) is -1.10. The summed E-state index contributed by atoms with van der Waals surface area (Å²) in [7, 11) is 0. The molecule has 1 aliphatic heterocycles. The molecule has 0 unspecified atom stereocenters. The maximum atomic E-state index is 11.7. The van der Waals surface area contributed by atoms with Gasteiger partial charge in [-0.25, -0.2) is 14.4 Å². The number of carbonyl (C=O) groups is 3. The van der Waals surface area contributed by atoms with E-state index in [4.69, 9.17) is 11.2 Å². The van der Waals surface area contributed by atoms with Crippen molar-refractivity contribution < 1.29 is 23.9 Å². The van der Waals surface area contributed by atoms with Crippen molar-refractivity contribution in [2.24, 2.45) is 0 Å². The Labute approximate surface area is 98.9 Å². The first-order valence-electron chi connectivity index (χ1n) is 4.97. The third-order valence-corrected chi connectivity index (χ3v) is 1.87. The van der Waals surface area contributed by atoms with Gasteiger partial charge < -0.3 is 9.47 Å². The molecule has 17 heavy (non-hydrogen) atoms. The van der Waals surface area contributed by atoms with Crippen molar-refractivity contribution >= 4 is 18.2 Å². The van der Waals surface area contributed by atoms with E-state index < -0.39 is 29.8 Å². The van der Waals surface area contributed by atoms with Crippen molar-refractivity contribution in [1.29, 1.82) is 0 Å². The quantitative estimate of drug-likeness (QED) is 0.391. The number of nitrogens with zero attached hydrogens (tertiary/aromatic N) is 1. The topological polar surface area (TPSA) is 72.9 Å². The molecule has 1 rings (SSSR count). The molecule has 6 heteroatoms. The van der Waals surface area contributed by atoms with Gasteiger partial charge in [0.05, 0.1) is 0 Å². The van der Waals surface area contributed by atoms with E-state index in [1.54, 1.807) is 20.8 Å². The molecule has 0 aromatic heterocycles. The van der Waals surface area contributed by atoms with E-state index in [1.165, 1.54) is 0 Å². The van der Waals surface area contributed by atoms with Gasteiger partial charge in [0.25, 0.3) is 0 Å². The fourth-order valence-corrected chi connectivity index (χ4v) is 1.24. The van der Waals surface area contributed by atoms with Crippen molar-refractivity contribution in [3.63, 3.8) is 0 Å². The van der Waals surface area contributed by atoms with E-state index in [0.717, 1.165) is 0 Å². The lowest BCUT2D eigenvalue weighted by molar-refractivity contribution is -0.135. The molecule has 0 N–H and O–H groups in total. The van der Waals surface area contributed by atoms with E-state index in [-0.39, 0.29) is 6.42 Å². The lowest BCUT2D eigenvalue weighted by Crippen LogP contribution is -2.43. The predicted molar refractivity (Wildman–Crippen MR) is 56.8 cm³/mol. The van der Waals surface area contributed by atoms with Crippen LogP contribution in [0.1, 0.15) is 27.2 Å². The Balaban J connectivity index is 2.87. The number of ether oxygens (including phenoxy) is 2. The predicted octanol–water partition coefficient (Wildman–Crippen LogP) is 1.29. The monoisotopic (exact) mass is 239 g/mol. The highest BCUT2D eigenvalue weighted by atomic mass is 16.6. The summed E-state index contributed by atoms with van der Waals surface area (Å²) in [6.45, 7) is 4.93. The molecule has 0 saturated carbocycles. The van der Waals surface area contributed by atoms with Crippen molar-refractivity contribution in [2.45, 2.75) is 38.8 Å². The summed E-state index contributed by atoms with van der Waals surface area (Å²) in [4.78, 5) is 34.9. The Morgan fingerprint density at radius 1 is 1.53 bits per heavy atom. The summed E-state index contributed by atoms with van der Waals surface area (Å²) in [5, 5.41) is 0. The maximum absolute atomic E-state index is 11.7. The Kier molecular flexibility index (Phi) is 3.42. The molecule has 6 nitrogen and oxygen atoms in total. The maximum Gasteiger partial charge on any atom is 0.427 e. The number of esters is 1. The van der Waals surface area contributed by atoms with Crippen molar-refractivity contribution in [3.8, 4) is 12.3 Å². The largest absolute Gasteiger partial charge is 0.443 e. The highest BCUT2D eigenvalue weighted by Crippen LogP contribution is 2.20. The minimum Gasteiger partial charge on any atom is -0.443 e. The first kappa shape index (κ1) is 13.0. The third kappa shape index (κ3) is 2.97. The third-order valence-electron chi connectivity index (χ3n) is 1.87. The first-order chi connectivity index (χ1) is 7.76. The molecule has 1 saturated heterocycles. The number of terminal acetylenes is 1. The number of hydrogen-bond donors (Lipinski definition) is 0. The van der Waals surface area contributed by atoms with Gasteiger partial charge in [0.1, 0.15) is 5.60 Å². The summed E-state index contributed by atoms with van der Waals surface area (Å²) in [6.07, 6.45) is 2.98. The number of carbonyl (C=O) groups excluding carboxylic acids is 3. The van der Waals surface area contributed by atoms with Gasteiger partial charge in [0.2, 0.25) is 0 Å². The Morgan fingerprint density at radius 2 is 2.12 bits per heavy atom. The number of imide groups is 1. The zero-order valence-corrected chi connectivity index (χ0v) is 9.85. The number of amides is 2. The van der Waals surface area contributed by atoms with Crippen LogP contribution >= 0.6 is 0 Å². The van der Waals surface area contributed by atoms with Crippen LogP contribution in [0.2, 0.25) is 0 Å². The van der Waals surface area contributed by atoms with Gasteiger partial charge in [0, 0.05) is 6.42 Å². The summed E-state index contributed by atoms with van der Waals surface area (Å²) in [5.41, 5.74) is -0.774. The SMILES string of the molecule is C#CC[C@H]1C(=O)OC(=O)N1C(=O)OC(C)(C)C. The molecular formula is C11H13NO5. The van der Waals surface area contributed by atoms with E-state index in [1.807, 2.05) is 0 Å². The van der Waals surface area contributed by atoms with Crippen LogP contribution in [0.3, 0.4) is 0 Å². The van der Waals surface area contributed by atoms with Crippen LogP contribution in [0.5, 0.6) is 0 Å². The van der Waals surface area contributed by atoms with Crippen LogP contribution in [0.4, 0.5) is 9.59 Å². The highest BCUT2D eigenvalue weighted by Gasteiger charge is 2.46. The minimum atomic E-state index is -1.10. The van der Waals surface area contributed by atoms with E-state index in [2.05, 4.69) is 10.7 Å². The van der Waals surface area contributed by atoms with Crippen molar-refractivity contribution in [1.82, 2.24) is 4.90 Å². The Hall–Kier alpha value is -2.03. The van der Waals surface area contributed by atoms with Crippen molar-refractivity contribution in [2.75, 3.05) is 0 Å². The van der Waals surface area contributed by atoms with Crippen LogP contribution in [-0.4, -0.2) is 34.7 Å². The van der Waals surface area contributed by atoms with E-state index >= 15 is 0 Å². The fraction of sp³-hybridized carbons (Fsp3) is 0.545. The number of hydrogen-bond acceptors (Lipinski definition) is 5. The van der Waals surface area contributed by atoms with Gasteiger partial charge in [-0.15, -0.1) is 12.3 Å². The lowest BCUT2D eigenvalue weighted by Gasteiger charge is -2.23. The zero-order chi connectivity index (χ0) is 13.2. The second kappa shape index (κ2) is 4.45. The Bertz CT molecular complexity index is 401. The average Bonchev–Trinajstić information content (AvgIpc) is 2.39. The normalized spacial score (nSPS) is 19.9. The standard InChI is InChI=1S/C11H13NO5/c1-5-6-7-8(13)16-9(14)12(7)10(15)17-11(2,3)4/h1,7H,6H2,2-4H3/t7-/m0/s1. The minimum absolute atomic E-state index is 0.0934.